The van der Waals surface area contributed by atoms with Crippen LogP contribution in [0.5, 0.6) is 5.75 Å². The lowest BCUT2D eigenvalue weighted by Gasteiger charge is -2.34. The Kier molecular flexibility index (Phi) is 7.39. The van der Waals surface area contributed by atoms with Crippen LogP contribution in [0.4, 0.5) is 0 Å². The molecular formula is C37H39ClN8O3. The van der Waals surface area contributed by atoms with E-state index in [-0.39, 0.29) is 29.9 Å². The van der Waals surface area contributed by atoms with Gasteiger partial charge >= 0.3 is 0 Å². The number of carbonyl (C=O) groups is 2. The van der Waals surface area contributed by atoms with Gasteiger partial charge in [0.25, 0.3) is 11.8 Å². The van der Waals surface area contributed by atoms with Crippen molar-refractivity contribution >= 4 is 45.5 Å². The smallest absolute Gasteiger partial charge is 0.254 e. The molecule has 12 heteroatoms. The number of amides is 2. The van der Waals surface area contributed by atoms with Gasteiger partial charge in [0.2, 0.25) is 0 Å². The minimum absolute atomic E-state index is 0.0194. The van der Waals surface area contributed by atoms with Crippen molar-refractivity contribution in [2.45, 2.75) is 63.2 Å². The Morgan fingerprint density at radius 3 is 2.51 bits per heavy atom. The molecule has 2 saturated carbocycles. The van der Waals surface area contributed by atoms with Crippen LogP contribution in [0.25, 0.3) is 33.6 Å². The number of methoxy groups -OCH3 is 1. The Labute approximate surface area is 289 Å². The maximum atomic E-state index is 14.0. The van der Waals surface area contributed by atoms with Gasteiger partial charge in [-0.05, 0) is 92.8 Å². The number of likely N-dealkylation sites (tertiary alicyclic amines) is 2. The van der Waals surface area contributed by atoms with Crippen LogP contribution in [0, 0.1) is 11.8 Å². The fraction of sp³-hybridized carbons (Fsp3) is 0.432. The second-order valence-electron chi connectivity index (χ2n) is 14.2. The number of imidazole rings is 1. The monoisotopic (exact) mass is 678 g/mol. The number of aromatic nitrogens is 5. The van der Waals surface area contributed by atoms with Crippen molar-refractivity contribution in [3.63, 3.8) is 0 Å². The van der Waals surface area contributed by atoms with Gasteiger partial charge in [0.1, 0.15) is 22.1 Å². The number of hydrogen-bond donors (Lipinski definition) is 1. The highest BCUT2D eigenvalue weighted by molar-refractivity contribution is 6.29. The van der Waals surface area contributed by atoms with E-state index in [0.717, 1.165) is 60.3 Å². The molecule has 2 amide bonds. The van der Waals surface area contributed by atoms with Gasteiger partial charge in [-0.1, -0.05) is 11.6 Å². The molecule has 9 rings (SSSR count). The first kappa shape index (κ1) is 30.6. The Morgan fingerprint density at radius 2 is 1.80 bits per heavy atom. The number of piperidine rings is 2. The van der Waals surface area contributed by atoms with Gasteiger partial charge in [0, 0.05) is 73.2 Å². The van der Waals surface area contributed by atoms with E-state index in [1.807, 2.05) is 34.2 Å². The number of rotatable bonds is 7. The minimum Gasteiger partial charge on any atom is -0.494 e. The number of nitrogens with two attached hydrogens (primary N) is 1. The summed E-state index contributed by atoms with van der Waals surface area (Å²) in [4.78, 5) is 45.4. The molecule has 2 aliphatic heterocycles. The van der Waals surface area contributed by atoms with Crippen molar-refractivity contribution in [1.29, 1.82) is 0 Å². The average Bonchev–Trinajstić information content (AvgIpc) is 3.46. The van der Waals surface area contributed by atoms with Crippen molar-refractivity contribution in [2.75, 3.05) is 26.7 Å². The van der Waals surface area contributed by atoms with Crippen LogP contribution in [-0.2, 0) is 6.54 Å². The van der Waals surface area contributed by atoms with E-state index >= 15 is 0 Å². The van der Waals surface area contributed by atoms with Crippen molar-refractivity contribution in [1.82, 2.24) is 33.9 Å². The summed E-state index contributed by atoms with van der Waals surface area (Å²) < 4.78 is 10.7. The lowest BCUT2D eigenvalue weighted by atomic mass is 10.0. The van der Waals surface area contributed by atoms with E-state index < -0.39 is 0 Å². The van der Waals surface area contributed by atoms with Crippen molar-refractivity contribution < 1.29 is 14.3 Å². The second-order valence-corrected chi connectivity index (χ2v) is 14.6. The lowest BCUT2D eigenvalue weighted by Crippen LogP contribution is -2.41. The van der Waals surface area contributed by atoms with Gasteiger partial charge in [-0.2, -0.15) is 0 Å². The molecule has 4 fully saturated rings. The Balaban J connectivity index is 1.14. The molecule has 0 spiro atoms. The van der Waals surface area contributed by atoms with Crippen LogP contribution in [0.3, 0.4) is 0 Å². The predicted octanol–water partition coefficient (Wildman–Crippen LogP) is 5.56. The summed E-state index contributed by atoms with van der Waals surface area (Å²) in [6, 6.07) is 13.5. The summed E-state index contributed by atoms with van der Waals surface area (Å²) in [6.07, 6.45) is 9.30. The lowest BCUT2D eigenvalue weighted by molar-refractivity contribution is 0.0691. The molecule has 11 nitrogen and oxygen atoms in total. The molecule has 2 N–H and O–H groups in total. The number of ether oxygens (including phenoxy) is 1. The topological polar surface area (TPSA) is 124 Å². The number of halogens is 1. The SMILES string of the molecule is COc1cc(C(=O)N2CC3CCC2[C@@H]3N)cc2nc(-c3cc4cccnc4n3CC3CC3)n(C3CCN(C(=O)c4ccnc(Cl)c4)CC3)c12. The number of nitrogens with zero attached hydrogens (tertiary/aromatic N) is 7. The highest BCUT2D eigenvalue weighted by Gasteiger charge is 2.47. The third kappa shape index (κ3) is 5.17. The number of carbonyl (C=O) groups excluding carboxylic acids is 2. The summed E-state index contributed by atoms with van der Waals surface area (Å²) in [5, 5.41) is 1.37. The van der Waals surface area contributed by atoms with Crippen LogP contribution in [0.1, 0.15) is 65.3 Å². The van der Waals surface area contributed by atoms with Crippen LogP contribution in [-0.4, -0.2) is 84.5 Å². The van der Waals surface area contributed by atoms with Crippen LogP contribution in [0.15, 0.2) is 54.9 Å². The van der Waals surface area contributed by atoms with E-state index in [2.05, 4.69) is 26.3 Å². The van der Waals surface area contributed by atoms with Gasteiger partial charge in [-0.15, -0.1) is 0 Å². The molecule has 3 atom stereocenters. The average molecular weight is 679 g/mol. The number of benzene rings is 1. The zero-order valence-electron chi connectivity index (χ0n) is 27.5. The Hall–Kier alpha value is -4.48. The molecule has 4 aromatic heterocycles. The fourth-order valence-corrected chi connectivity index (χ4v) is 8.69. The van der Waals surface area contributed by atoms with Gasteiger partial charge in [-0.3, -0.25) is 9.59 Å². The fourth-order valence-electron chi connectivity index (χ4n) is 8.52. The molecule has 5 aromatic rings. The number of hydrogen-bond acceptors (Lipinski definition) is 7. The quantitative estimate of drug-likeness (QED) is 0.224. The van der Waals surface area contributed by atoms with Crippen LogP contribution >= 0.6 is 11.6 Å². The summed E-state index contributed by atoms with van der Waals surface area (Å²) >= 11 is 6.11. The minimum atomic E-state index is -0.0508. The molecule has 49 heavy (non-hydrogen) atoms. The summed E-state index contributed by atoms with van der Waals surface area (Å²) in [5.74, 6) is 2.34. The van der Waals surface area contributed by atoms with Gasteiger partial charge in [0.05, 0.1) is 18.3 Å². The molecule has 2 bridgehead atoms. The molecule has 1 aromatic carbocycles. The van der Waals surface area contributed by atoms with E-state index in [9.17, 15) is 9.59 Å². The largest absolute Gasteiger partial charge is 0.494 e. The maximum absolute atomic E-state index is 14.0. The second kappa shape index (κ2) is 11.8. The number of pyridine rings is 2. The zero-order valence-corrected chi connectivity index (χ0v) is 28.2. The van der Waals surface area contributed by atoms with Crippen molar-refractivity contribution in [3.8, 4) is 17.3 Å². The van der Waals surface area contributed by atoms with Gasteiger partial charge in [0.15, 0.2) is 5.82 Å². The number of fused-ring (bicyclic) bond motifs is 4. The van der Waals surface area contributed by atoms with E-state index in [1.165, 1.54) is 12.8 Å². The normalized spacial score (nSPS) is 22.5. The summed E-state index contributed by atoms with van der Waals surface area (Å²) in [7, 11) is 1.66. The van der Waals surface area contributed by atoms with Crippen molar-refractivity contribution in [2.24, 2.45) is 17.6 Å². The predicted molar refractivity (Wildman–Crippen MR) is 187 cm³/mol. The standard InChI is InChI=1S/C37H39ClN8O3/c1-49-30-17-25(37(48)45-20-24-6-7-28(45)32(24)39)15-27-33(30)46(26-9-13-43(14-10-26)36(47)23-8-12-40-31(38)18-23)35(42-27)29-16-22-3-2-11-41-34(22)44(29)19-21-4-5-21/h2-3,8,11-12,15-18,21,24,26,28,32H,4-7,9-10,13-14,19-20,39H2,1H3/t24?,28?,32-/m1/s1. The first-order valence-corrected chi connectivity index (χ1v) is 17.8. The highest BCUT2D eigenvalue weighted by Crippen LogP contribution is 2.42. The Bertz CT molecular complexity index is 2110. The first-order valence-electron chi connectivity index (χ1n) is 17.4. The molecule has 2 unspecified atom stereocenters. The third-order valence-corrected chi connectivity index (χ3v) is 11.5. The Morgan fingerprint density at radius 1 is 0.959 bits per heavy atom. The molecule has 4 aliphatic rings. The first-order chi connectivity index (χ1) is 23.9. The van der Waals surface area contributed by atoms with Crippen molar-refractivity contribution in [3.05, 3.63) is 71.1 Å². The molecular weight excluding hydrogens is 640 g/mol. The van der Waals surface area contributed by atoms with E-state index in [1.54, 1.807) is 25.4 Å². The molecule has 2 saturated heterocycles. The van der Waals surface area contributed by atoms with Crippen LogP contribution < -0.4 is 10.5 Å². The molecule has 6 heterocycles. The summed E-state index contributed by atoms with van der Waals surface area (Å²) in [5.41, 5.74) is 11.1. The van der Waals surface area contributed by atoms with E-state index in [0.29, 0.717) is 59.0 Å². The molecule has 2 aliphatic carbocycles. The van der Waals surface area contributed by atoms with Crippen LogP contribution in [0.2, 0.25) is 5.15 Å². The maximum Gasteiger partial charge on any atom is 0.254 e. The third-order valence-electron chi connectivity index (χ3n) is 11.2. The zero-order chi connectivity index (χ0) is 33.4. The highest BCUT2D eigenvalue weighted by atomic mass is 35.5. The molecule has 0 radical (unpaired) electrons. The van der Waals surface area contributed by atoms with E-state index in [4.69, 9.17) is 32.0 Å². The molecule has 252 valence electrons. The summed E-state index contributed by atoms with van der Waals surface area (Å²) in [6.45, 7) is 2.72. The van der Waals surface area contributed by atoms with Gasteiger partial charge < -0.3 is 29.4 Å². The van der Waals surface area contributed by atoms with Gasteiger partial charge in [-0.25, -0.2) is 15.0 Å².